The lowest BCUT2D eigenvalue weighted by molar-refractivity contribution is 0.112. The molecule has 0 spiro atoms. The second kappa shape index (κ2) is 3.67. The van der Waals surface area contributed by atoms with Crippen LogP contribution in [0.1, 0.15) is 22.8 Å². The smallest absolute Gasteiger partial charge is 0.150 e. The summed E-state index contributed by atoms with van der Waals surface area (Å²) < 4.78 is 1.07. The molecule has 0 aliphatic heterocycles. The molecule has 0 radical (unpaired) electrons. The van der Waals surface area contributed by atoms with Gasteiger partial charge in [0, 0.05) is 10.0 Å². The van der Waals surface area contributed by atoms with Gasteiger partial charge in [-0.2, -0.15) is 0 Å². The van der Waals surface area contributed by atoms with Crippen LogP contribution in [0.4, 0.5) is 0 Å². The van der Waals surface area contributed by atoms with E-state index in [4.69, 9.17) is 0 Å². The lowest BCUT2D eigenvalue weighted by atomic mass is 10.1. The van der Waals surface area contributed by atoms with Crippen molar-refractivity contribution in [3.8, 4) is 0 Å². The Labute approximate surface area is 74.6 Å². The van der Waals surface area contributed by atoms with Crippen molar-refractivity contribution in [2.75, 3.05) is 0 Å². The highest BCUT2D eigenvalue weighted by Crippen LogP contribution is 2.17. The summed E-state index contributed by atoms with van der Waals surface area (Å²) in [4.78, 5) is 10.4. The van der Waals surface area contributed by atoms with E-state index in [2.05, 4.69) is 22.9 Å². The van der Waals surface area contributed by atoms with Crippen LogP contribution >= 0.6 is 15.9 Å². The maximum atomic E-state index is 10.4. The molecule has 0 saturated heterocycles. The predicted molar refractivity (Wildman–Crippen MR) is 48.9 cm³/mol. The number of rotatable bonds is 2. The van der Waals surface area contributed by atoms with Gasteiger partial charge in [-0.1, -0.05) is 28.9 Å². The standard InChI is InChI=1S/C9H9BrO/c1-2-8-5-7(6-11)3-4-9(8)10/h3-6H,2H2,1H3. The molecule has 0 amide bonds. The average molecular weight is 213 g/mol. The molecule has 0 aliphatic carbocycles. The summed E-state index contributed by atoms with van der Waals surface area (Å²) in [6.45, 7) is 2.06. The van der Waals surface area contributed by atoms with Crippen molar-refractivity contribution in [3.63, 3.8) is 0 Å². The number of halogens is 1. The molecular weight excluding hydrogens is 204 g/mol. The Kier molecular flexibility index (Phi) is 2.83. The third-order valence-corrected chi connectivity index (χ3v) is 2.36. The Morgan fingerprint density at radius 2 is 2.27 bits per heavy atom. The molecule has 58 valence electrons. The van der Waals surface area contributed by atoms with E-state index < -0.39 is 0 Å². The number of carbonyl (C=O) groups is 1. The largest absolute Gasteiger partial charge is 0.298 e. The van der Waals surface area contributed by atoms with Gasteiger partial charge in [0.25, 0.3) is 0 Å². The summed E-state index contributed by atoms with van der Waals surface area (Å²) >= 11 is 3.40. The Morgan fingerprint density at radius 1 is 1.55 bits per heavy atom. The van der Waals surface area contributed by atoms with Crippen LogP contribution in [0.5, 0.6) is 0 Å². The minimum absolute atomic E-state index is 0.741. The highest BCUT2D eigenvalue weighted by atomic mass is 79.9. The molecule has 0 aromatic heterocycles. The van der Waals surface area contributed by atoms with Crippen molar-refractivity contribution in [1.29, 1.82) is 0 Å². The zero-order valence-electron chi connectivity index (χ0n) is 6.30. The van der Waals surface area contributed by atoms with Gasteiger partial charge in [-0.25, -0.2) is 0 Å². The van der Waals surface area contributed by atoms with Crippen molar-refractivity contribution in [2.24, 2.45) is 0 Å². The van der Waals surface area contributed by atoms with Crippen LogP contribution in [0.25, 0.3) is 0 Å². The topological polar surface area (TPSA) is 17.1 Å². The molecule has 2 heteroatoms. The third-order valence-electron chi connectivity index (χ3n) is 1.59. The minimum atomic E-state index is 0.741. The second-order valence-electron chi connectivity index (χ2n) is 2.32. The van der Waals surface area contributed by atoms with E-state index in [0.29, 0.717) is 0 Å². The van der Waals surface area contributed by atoms with Gasteiger partial charge in [0.2, 0.25) is 0 Å². The van der Waals surface area contributed by atoms with Crippen molar-refractivity contribution in [2.45, 2.75) is 13.3 Å². The molecule has 0 bridgehead atoms. The second-order valence-corrected chi connectivity index (χ2v) is 3.18. The molecule has 0 saturated carbocycles. The first kappa shape index (κ1) is 8.47. The molecule has 0 N–H and O–H groups in total. The first-order valence-corrected chi connectivity index (χ1v) is 4.31. The van der Waals surface area contributed by atoms with E-state index in [-0.39, 0.29) is 0 Å². The average Bonchev–Trinajstić information content (AvgIpc) is 2.05. The van der Waals surface area contributed by atoms with Crippen LogP contribution in [0.2, 0.25) is 0 Å². The Bertz CT molecular complexity index is 268. The number of aldehydes is 1. The van der Waals surface area contributed by atoms with E-state index >= 15 is 0 Å². The molecule has 1 aromatic carbocycles. The number of hydrogen-bond acceptors (Lipinski definition) is 1. The van der Waals surface area contributed by atoms with Crippen LogP contribution in [-0.2, 0) is 6.42 Å². The van der Waals surface area contributed by atoms with Gasteiger partial charge < -0.3 is 0 Å². The number of aryl methyl sites for hydroxylation is 1. The SMILES string of the molecule is CCc1cc(C=O)ccc1Br. The number of carbonyl (C=O) groups excluding carboxylic acids is 1. The summed E-state index contributed by atoms with van der Waals surface area (Å²) in [6, 6.07) is 5.61. The normalized spacial score (nSPS) is 9.64. The van der Waals surface area contributed by atoms with Gasteiger partial charge in [0.15, 0.2) is 0 Å². The molecule has 0 unspecified atom stereocenters. The summed E-state index contributed by atoms with van der Waals surface area (Å²) in [5.74, 6) is 0. The molecule has 1 aromatic rings. The molecular formula is C9H9BrO. The lowest BCUT2D eigenvalue weighted by Gasteiger charge is -2.00. The maximum absolute atomic E-state index is 10.4. The predicted octanol–water partition coefficient (Wildman–Crippen LogP) is 2.82. The van der Waals surface area contributed by atoms with Gasteiger partial charge in [-0.05, 0) is 24.1 Å². The van der Waals surface area contributed by atoms with Gasteiger partial charge in [0.1, 0.15) is 6.29 Å². The fourth-order valence-corrected chi connectivity index (χ4v) is 1.47. The van der Waals surface area contributed by atoms with Gasteiger partial charge >= 0.3 is 0 Å². The highest BCUT2D eigenvalue weighted by molar-refractivity contribution is 9.10. The van der Waals surface area contributed by atoms with Gasteiger partial charge in [0.05, 0.1) is 0 Å². The molecule has 1 nitrogen and oxygen atoms in total. The number of benzene rings is 1. The fourth-order valence-electron chi connectivity index (χ4n) is 0.939. The van der Waals surface area contributed by atoms with Gasteiger partial charge in [-0.15, -0.1) is 0 Å². The van der Waals surface area contributed by atoms with Crippen LogP contribution < -0.4 is 0 Å². The Balaban J connectivity index is 3.12. The molecule has 1 rings (SSSR count). The van der Waals surface area contributed by atoms with Crippen LogP contribution in [-0.4, -0.2) is 6.29 Å². The highest BCUT2D eigenvalue weighted by Gasteiger charge is 1.97. The summed E-state index contributed by atoms with van der Waals surface area (Å²) in [5.41, 5.74) is 1.92. The number of hydrogen-bond donors (Lipinski definition) is 0. The Morgan fingerprint density at radius 3 is 2.82 bits per heavy atom. The van der Waals surface area contributed by atoms with E-state index in [0.717, 1.165) is 22.7 Å². The van der Waals surface area contributed by atoms with Crippen molar-refractivity contribution >= 4 is 22.2 Å². The van der Waals surface area contributed by atoms with Crippen molar-refractivity contribution in [3.05, 3.63) is 33.8 Å². The van der Waals surface area contributed by atoms with Gasteiger partial charge in [-0.3, -0.25) is 4.79 Å². The first-order chi connectivity index (χ1) is 5.27. The van der Waals surface area contributed by atoms with E-state index in [1.165, 1.54) is 5.56 Å². The monoisotopic (exact) mass is 212 g/mol. The van der Waals surface area contributed by atoms with Crippen LogP contribution in [0, 0.1) is 0 Å². The minimum Gasteiger partial charge on any atom is -0.298 e. The zero-order chi connectivity index (χ0) is 8.27. The summed E-state index contributed by atoms with van der Waals surface area (Å²) in [6.07, 6.45) is 1.81. The molecule has 0 heterocycles. The van der Waals surface area contributed by atoms with E-state index in [1.807, 2.05) is 12.1 Å². The zero-order valence-corrected chi connectivity index (χ0v) is 7.89. The quantitative estimate of drug-likeness (QED) is 0.690. The van der Waals surface area contributed by atoms with Crippen molar-refractivity contribution < 1.29 is 4.79 Å². The van der Waals surface area contributed by atoms with Crippen LogP contribution in [0.3, 0.4) is 0 Å². The lowest BCUT2D eigenvalue weighted by Crippen LogP contribution is -1.86. The maximum Gasteiger partial charge on any atom is 0.150 e. The molecule has 11 heavy (non-hydrogen) atoms. The Hall–Kier alpha value is -0.630. The molecule has 0 atom stereocenters. The third kappa shape index (κ3) is 1.90. The van der Waals surface area contributed by atoms with E-state index in [9.17, 15) is 4.79 Å². The van der Waals surface area contributed by atoms with Crippen LogP contribution in [0.15, 0.2) is 22.7 Å². The van der Waals surface area contributed by atoms with E-state index in [1.54, 1.807) is 6.07 Å². The summed E-state index contributed by atoms with van der Waals surface area (Å²) in [5, 5.41) is 0. The first-order valence-electron chi connectivity index (χ1n) is 3.51. The summed E-state index contributed by atoms with van der Waals surface area (Å²) in [7, 11) is 0. The fraction of sp³-hybridized carbons (Fsp3) is 0.222. The van der Waals surface area contributed by atoms with Crippen molar-refractivity contribution in [1.82, 2.24) is 0 Å². The molecule has 0 aliphatic rings. The molecule has 0 fully saturated rings.